The lowest BCUT2D eigenvalue weighted by molar-refractivity contribution is -0.202. The van der Waals surface area contributed by atoms with E-state index in [1.807, 2.05) is 6.92 Å². The summed E-state index contributed by atoms with van der Waals surface area (Å²) in [6.45, 7) is 23.3. The molecule has 0 spiro atoms. The molecule has 0 aromatic heterocycles. The monoisotopic (exact) mass is 529 g/mol. The van der Waals surface area contributed by atoms with Crippen LogP contribution in [0.15, 0.2) is 17.8 Å². The highest BCUT2D eigenvalue weighted by molar-refractivity contribution is 5.21. The van der Waals surface area contributed by atoms with E-state index in [-0.39, 0.29) is 38.7 Å². The summed E-state index contributed by atoms with van der Waals surface area (Å²) in [4.78, 5) is 12.0. The van der Waals surface area contributed by atoms with Crippen LogP contribution >= 0.6 is 0 Å². The molecular weight excluding hydrogens is 466 g/mol. The Kier molecular flexibility index (Phi) is 9.42. The molecule has 0 amide bonds. The summed E-state index contributed by atoms with van der Waals surface area (Å²) in [6.07, 6.45) is 17.4. The Bertz CT molecular complexity index is 842. The van der Waals surface area contributed by atoms with Gasteiger partial charge in [0.2, 0.25) is 0 Å². The molecule has 0 radical (unpaired) electrons. The first-order valence-corrected chi connectivity index (χ1v) is 16.1. The summed E-state index contributed by atoms with van der Waals surface area (Å²) in [5.41, 5.74) is 14.7. The van der Waals surface area contributed by atoms with Crippen molar-refractivity contribution >= 4 is 0 Å². The van der Waals surface area contributed by atoms with Crippen molar-refractivity contribution in [1.82, 2.24) is 0 Å². The number of fused-ring (bicyclic) bond motifs is 5. The quantitative estimate of drug-likeness (QED) is 0.275. The minimum atomic E-state index is -0.180. The molecule has 9 atom stereocenters. The third-order valence-electron chi connectivity index (χ3n) is 13.8. The molecule has 4 aliphatic rings. The average Bonchev–Trinajstić information content (AvgIpc) is 3.04. The van der Waals surface area contributed by atoms with Gasteiger partial charge in [-0.05, 0) is 116 Å². The summed E-state index contributed by atoms with van der Waals surface area (Å²) >= 11 is 0. The molecule has 2 unspecified atom stereocenters. The first kappa shape index (κ1) is 31.8. The topological polar surface area (TPSA) is 81.5 Å². The zero-order chi connectivity index (χ0) is 28.6. The molecule has 4 saturated carbocycles. The molecule has 4 N–H and O–H groups in total. The van der Waals surface area contributed by atoms with Crippen molar-refractivity contribution in [1.29, 1.82) is 0 Å². The van der Waals surface area contributed by atoms with Crippen LogP contribution in [0.1, 0.15) is 139 Å². The predicted molar refractivity (Wildman–Crippen MR) is 164 cm³/mol. The number of allylic oxidation sites excluding steroid dienone is 1. The molecule has 0 saturated heterocycles. The highest BCUT2D eigenvalue weighted by Crippen LogP contribution is 2.74. The molecule has 4 rings (SSSR count). The van der Waals surface area contributed by atoms with E-state index in [2.05, 4.69) is 60.2 Å². The van der Waals surface area contributed by atoms with Gasteiger partial charge in [0, 0.05) is 5.54 Å². The van der Waals surface area contributed by atoms with Gasteiger partial charge in [-0.1, -0.05) is 85.4 Å². The molecule has 4 heteroatoms. The van der Waals surface area contributed by atoms with Crippen LogP contribution in [0.2, 0.25) is 0 Å². The minimum Gasteiger partial charge on any atom is -0.330 e. The second-order valence-electron chi connectivity index (χ2n) is 15.6. The maximum atomic E-state index is 12.0. The highest BCUT2D eigenvalue weighted by atomic mass is 16.3. The van der Waals surface area contributed by atoms with Gasteiger partial charge in [-0.3, -0.25) is 0 Å². The van der Waals surface area contributed by atoms with Crippen LogP contribution < -0.4 is 11.5 Å². The van der Waals surface area contributed by atoms with Gasteiger partial charge in [0.1, 0.15) is 0 Å². The van der Waals surface area contributed by atoms with Crippen LogP contribution in [-0.2, 0) is 0 Å². The first-order valence-electron chi connectivity index (χ1n) is 16.1. The van der Waals surface area contributed by atoms with E-state index in [9.17, 15) is 4.91 Å². The lowest BCUT2D eigenvalue weighted by atomic mass is 9.35. The van der Waals surface area contributed by atoms with Gasteiger partial charge >= 0.3 is 0 Å². The third kappa shape index (κ3) is 4.56. The zero-order valence-electron chi connectivity index (χ0n) is 26.5. The van der Waals surface area contributed by atoms with Gasteiger partial charge in [0.05, 0.1) is 6.04 Å². The second kappa shape index (κ2) is 11.3. The average molecular weight is 530 g/mol. The largest absolute Gasteiger partial charge is 0.330 e. The van der Waals surface area contributed by atoms with Crippen LogP contribution in [0.5, 0.6) is 0 Å². The van der Waals surface area contributed by atoms with Crippen molar-refractivity contribution < 1.29 is 0 Å². The van der Waals surface area contributed by atoms with E-state index in [0.717, 1.165) is 25.7 Å². The van der Waals surface area contributed by atoms with Crippen molar-refractivity contribution in [2.45, 2.75) is 150 Å². The van der Waals surface area contributed by atoms with Crippen molar-refractivity contribution in [2.24, 2.45) is 61.5 Å². The van der Waals surface area contributed by atoms with Crippen LogP contribution in [0.4, 0.5) is 0 Å². The minimum absolute atomic E-state index is 0.0276. The molecule has 0 aliphatic heterocycles. The molecular formula is C34H63N3O. The molecule has 0 bridgehead atoms. The van der Waals surface area contributed by atoms with E-state index in [4.69, 9.17) is 11.5 Å². The van der Waals surface area contributed by atoms with E-state index in [1.54, 1.807) is 6.08 Å². The predicted octanol–water partition coefficient (Wildman–Crippen LogP) is 9.02. The van der Waals surface area contributed by atoms with Crippen molar-refractivity contribution in [3.63, 3.8) is 0 Å². The normalized spacial score (nSPS) is 48.1. The fraction of sp³-hybridized carbons (Fsp3) is 0.941. The van der Waals surface area contributed by atoms with Crippen LogP contribution in [0, 0.1) is 49.7 Å². The van der Waals surface area contributed by atoms with Gasteiger partial charge in [0.25, 0.3) is 0 Å². The Morgan fingerprint density at radius 2 is 1.45 bits per heavy atom. The zero-order valence-corrected chi connectivity index (χ0v) is 26.5. The van der Waals surface area contributed by atoms with Gasteiger partial charge in [-0.2, -0.15) is 4.91 Å². The fourth-order valence-electron chi connectivity index (χ4n) is 11.3. The Hall–Kier alpha value is -0.740. The Balaban J connectivity index is 0.00000127. The smallest absolute Gasteiger partial charge is 0.0973 e. The molecule has 4 fully saturated rings. The summed E-state index contributed by atoms with van der Waals surface area (Å²) in [6, 6.07) is -0.0451. The first-order chi connectivity index (χ1) is 17.7. The molecule has 0 aromatic carbocycles. The maximum absolute atomic E-state index is 12.0. The summed E-state index contributed by atoms with van der Waals surface area (Å²) in [5, 5.41) is 3.71. The van der Waals surface area contributed by atoms with Gasteiger partial charge in [-0.15, -0.1) is 6.58 Å². The third-order valence-corrected chi connectivity index (χ3v) is 13.8. The number of hydrogen-bond acceptors (Lipinski definition) is 4. The number of hydrogen-bond donors (Lipinski definition) is 2. The van der Waals surface area contributed by atoms with Crippen molar-refractivity contribution in [2.75, 3.05) is 6.54 Å². The number of nitrogens with two attached hydrogens (primary N) is 2. The Morgan fingerprint density at radius 3 is 2.03 bits per heavy atom. The second-order valence-corrected chi connectivity index (χ2v) is 15.6. The Morgan fingerprint density at radius 1 is 0.868 bits per heavy atom. The molecule has 4 aliphatic carbocycles. The van der Waals surface area contributed by atoms with E-state index in [1.165, 1.54) is 57.8 Å². The van der Waals surface area contributed by atoms with Crippen LogP contribution in [0.25, 0.3) is 0 Å². The van der Waals surface area contributed by atoms with E-state index in [0.29, 0.717) is 24.3 Å². The van der Waals surface area contributed by atoms with Crippen LogP contribution in [0.3, 0.4) is 0 Å². The number of nitrogens with zero attached hydrogens (tertiary/aromatic N) is 1. The van der Waals surface area contributed by atoms with Crippen molar-refractivity contribution in [3.05, 3.63) is 17.6 Å². The van der Waals surface area contributed by atoms with E-state index < -0.39 is 0 Å². The Labute approximate surface area is 235 Å². The summed E-state index contributed by atoms with van der Waals surface area (Å²) < 4.78 is 0. The van der Waals surface area contributed by atoms with Gasteiger partial charge < -0.3 is 11.5 Å². The SMILES string of the molecule is C=CC.CCCC[C@]1(N)[C@H]2CCC3[C@@]4(C)CCC[C@H](N=O)C(C)(C)C4CCC[C@@]3(C)[C@]2(C)CC[C@]1(C)CN. The molecule has 38 heavy (non-hydrogen) atoms. The lowest BCUT2D eigenvalue weighted by Crippen LogP contribution is -2.72. The molecule has 0 heterocycles. The lowest BCUT2D eigenvalue weighted by Gasteiger charge is -2.71. The molecule has 220 valence electrons. The highest BCUT2D eigenvalue weighted by Gasteiger charge is 2.69. The van der Waals surface area contributed by atoms with Crippen molar-refractivity contribution in [3.8, 4) is 0 Å². The van der Waals surface area contributed by atoms with Gasteiger partial charge in [0.15, 0.2) is 0 Å². The number of unbranched alkanes of at least 4 members (excludes halogenated alkanes) is 1. The number of nitroso groups, excluding NO2 is 1. The summed E-state index contributed by atoms with van der Waals surface area (Å²) in [5.74, 6) is 1.78. The number of rotatable bonds is 5. The van der Waals surface area contributed by atoms with E-state index >= 15 is 0 Å². The van der Waals surface area contributed by atoms with Gasteiger partial charge in [-0.25, -0.2) is 0 Å². The molecule has 4 nitrogen and oxygen atoms in total. The fourth-order valence-corrected chi connectivity index (χ4v) is 11.3. The maximum Gasteiger partial charge on any atom is 0.0973 e. The standard InChI is InChI=1S/C31H57N3O.C3H6/c1-8-9-18-31(33)24-15-14-23-28(5)16-11-13-25(34-35)26(2,3)22(28)12-10-17-29(23,6)30(24,7)20-19-27(31,4)21-32;1-3-2/h22-25H,8-21,32-33H2,1-7H3;3H,1H2,2H3/t22?,23?,24-,25-,27+,28-,29+,30+,31-;/m0./s1. The molecule has 0 aromatic rings. The summed E-state index contributed by atoms with van der Waals surface area (Å²) in [7, 11) is 0. The van der Waals surface area contributed by atoms with Crippen LogP contribution in [-0.4, -0.2) is 18.1 Å².